The van der Waals surface area contributed by atoms with E-state index >= 15 is 0 Å². The molecular weight excluding hydrogens is 705 g/mol. The van der Waals surface area contributed by atoms with Crippen molar-refractivity contribution in [2.45, 2.75) is 0 Å². The van der Waals surface area contributed by atoms with Gasteiger partial charge in [-0.25, -0.2) is 9.97 Å². The van der Waals surface area contributed by atoms with E-state index in [1.54, 1.807) is 0 Å². The molecule has 0 amide bonds. The molecule has 0 aliphatic rings. The molecule has 0 saturated carbocycles. The normalized spacial score (nSPS) is 10.7. The van der Waals surface area contributed by atoms with Gasteiger partial charge in [-0.2, -0.15) is 10.5 Å². The summed E-state index contributed by atoms with van der Waals surface area (Å²) in [5.41, 5.74) is 14.7. The molecule has 0 fully saturated rings. The van der Waals surface area contributed by atoms with Gasteiger partial charge in [-0.3, -0.25) is 0 Å². The summed E-state index contributed by atoms with van der Waals surface area (Å²) in [7, 11) is 0. The van der Waals surface area contributed by atoms with Crippen molar-refractivity contribution >= 4 is 0 Å². The van der Waals surface area contributed by atoms with Crippen molar-refractivity contribution in [1.29, 1.82) is 10.5 Å². The van der Waals surface area contributed by atoms with Crippen molar-refractivity contribution in [3.05, 3.63) is 217 Å². The number of aromatic nitrogens is 2. The van der Waals surface area contributed by atoms with Crippen LogP contribution in [0.2, 0.25) is 0 Å². The van der Waals surface area contributed by atoms with Crippen LogP contribution < -0.4 is 0 Å². The third-order valence-electron chi connectivity index (χ3n) is 10.4. The van der Waals surface area contributed by atoms with Gasteiger partial charge in [-0.05, 0) is 45.5 Å². The summed E-state index contributed by atoms with van der Waals surface area (Å²) in [5.74, 6) is 0. The van der Waals surface area contributed by atoms with Crippen LogP contribution in [0.15, 0.2) is 206 Å². The van der Waals surface area contributed by atoms with Crippen LogP contribution in [0.1, 0.15) is 11.1 Å². The highest BCUT2D eigenvalue weighted by Crippen LogP contribution is 2.43. The van der Waals surface area contributed by atoms with E-state index in [1.807, 2.05) is 133 Å². The van der Waals surface area contributed by atoms with Crippen molar-refractivity contribution in [3.8, 4) is 102 Å². The summed E-state index contributed by atoms with van der Waals surface area (Å²) in [6, 6.07) is 74.1. The standard InChI is InChI=1S/C54H34N4/c55-35-49-47(33-51(57-53(49)43-19-9-3-10-20-43)41-29-25-39(26-30-41)37-15-5-1-6-16-37)45-23-13-14-24-46(45)48-34-52(58-54(50(48)36-56)44-21-11-4-12-22-44)42-31-27-40(28-32-42)38-17-7-2-8-18-38/h1-34H. The predicted octanol–water partition coefficient (Wildman–Crippen LogP) is 13.6. The molecule has 7 aromatic carbocycles. The molecular formula is C54H34N4. The zero-order valence-electron chi connectivity index (χ0n) is 31.4. The number of pyridine rings is 2. The van der Waals surface area contributed by atoms with Crippen molar-refractivity contribution in [2.75, 3.05) is 0 Å². The van der Waals surface area contributed by atoms with Crippen LogP contribution in [-0.4, -0.2) is 9.97 Å². The van der Waals surface area contributed by atoms with Crippen LogP contribution in [0, 0.1) is 22.7 Å². The molecule has 9 rings (SSSR count). The highest BCUT2D eigenvalue weighted by molar-refractivity contribution is 5.95. The van der Waals surface area contributed by atoms with E-state index in [4.69, 9.17) is 9.97 Å². The Balaban J connectivity index is 1.26. The fourth-order valence-corrected chi connectivity index (χ4v) is 7.53. The summed E-state index contributed by atoms with van der Waals surface area (Å²) in [4.78, 5) is 10.3. The van der Waals surface area contributed by atoms with Crippen LogP contribution in [-0.2, 0) is 0 Å². The fourth-order valence-electron chi connectivity index (χ4n) is 7.53. The molecule has 4 heteroatoms. The van der Waals surface area contributed by atoms with Crippen LogP contribution in [0.3, 0.4) is 0 Å². The molecule has 0 aliphatic carbocycles. The van der Waals surface area contributed by atoms with Gasteiger partial charge in [0.05, 0.1) is 33.9 Å². The summed E-state index contributed by atoms with van der Waals surface area (Å²) < 4.78 is 0. The number of benzene rings is 7. The molecule has 0 N–H and O–H groups in total. The van der Waals surface area contributed by atoms with E-state index in [-0.39, 0.29) is 0 Å². The first-order valence-electron chi connectivity index (χ1n) is 19.1. The van der Waals surface area contributed by atoms with Gasteiger partial charge in [-0.15, -0.1) is 0 Å². The molecule has 9 aromatic rings. The molecule has 2 aromatic heterocycles. The first-order chi connectivity index (χ1) is 28.7. The van der Waals surface area contributed by atoms with Gasteiger partial charge in [0.1, 0.15) is 12.1 Å². The Bertz CT molecular complexity index is 2760. The van der Waals surface area contributed by atoms with E-state index < -0.39 is 0 Å². The van der Waals surface area contributed by atoms with Crippen molar-refractivity contribution in [2.24, 2.45) is 0 Å². The average Bonchev–Trinajstić information content (AvgIpc) is 3.32. The smallest absolute Gasteiger partial charge is 0.102 e. The molecule has 0 aliphatic heterocycles. The summed E-state index contributed by atoms with van der Waals surface area (Å²) in [5, 5.41) is 21.9. The van der Waals surface area contributed by atoms with E-state index in [1.165, 1.54) is 0 Å². The van der Waals surface area contributed by atoms with Gasteiger partial charge in [-0.1, -0.05) is 194 Å². The third-order valence-corrected chi connectivity index (χ3v) is 10.4. The van der Waals surface area contributed by atoms with Gasteiger partial charge in [0.25, 0.3) is 0 Å². The van der Waals surface area contributed by atoms with Crippen molar-refractivity contribution in [3.63, 3.8) is 0 Å². The number of hydrogen-bond donors (Lipinski definition) is 0. The minimum atomic E-state index is 0.455. The zero-order chi connectivity index (χ0) is 39.3. The largest absolute Gasteiger partial charge is 0.246 e. The lowest BCUT2D eigenvalue weighted by Gasteiger charge is -2.18. The monoisotopic (exact) mass is 738 g/mol. The molecule has 2 heterocycles. The Morgan fingerprint density at radius 2 is 0.552 bits per heavy atom. The van der Waals surface area contributed by atoms with E-state index in [9.17, 15) is 10.5 Å². The lowest BCUT2D eigenvalue weighted by Crippen LogP contribution is -2.00. The first-order valence-corrected chi connectivity index (χ1v) is 19.1. The maximum Gasteiger partial charge on any atom is 0.102 e. The molecule has 58 heavy (non-hydrogen) atoms. The Labute approximate surface area is 338 Å². The molecule has 0 atom stereocenters. The Morgan fingerprint density at radius 3 is 0.879 bits per heavy atom. The zero-order valence-corrected chi connectivity index (χ0v) is 31.4. The molecule has 4 nitrogen and oxygen atoms in total. The molecule has 0 radical (unpaired) electrons. The Hall–Kier alpha value is -8.18. The topological polar surface area (TPSA) is 73.4 Å². The molecule has 0 saturated heterocycles. The SMILES string of the molecule is N#Cc1c(-c2ccccc2-c2cc(-c3ccc(-c4ccccc4)cc3)nc(-c3ccccc3)c2C#N)cc(-c2ccc(-c3ccccc3)cc2)nc1-c1ccccc1. The summed E-state index contributed by atoms with van der Waals surface area (Å²) in [6.07, 6.45) is 0. The van der Waals surface area contributed by atoms with Crippen LogP contribution >= 0.6 is 0 Å². The average molecular weight is 739 g/mol. The molecule has 0 bridgehead atoms. The maximum atomic E-state index is 10.9. The minimum Gasteiger partial charge on any atom is -0.246 e. The Morgan fingerprint density at radius 1 is 0.276 bits per heavy atom. The highest BCUT2D eigenvalue weighted by Gasteiger charge is 2.23. The third kappa shape index (κ3) is 6.95. The number of hydrogen-bond acceptors (Lipinski definition) is 4. The second-order valence-electron chi connectivity index (χ2n) is 13.9. The maximum absolute atomic E-state index is 10.9. The number of rotatable bonds is 8. The van der Waals surface area contributed by atoms with Gasteiger partial charge in [0, 0.05) is 33.4 Å². The Kier molecular flexibility index (Phi) is 9.73. The van der Waals surface area contributed by atoms with Gasteiger partial charge >= 0.3 is 0 Å². The van der Waals surface area contributed by atoms with Crippen molar-refractivity contribution in [1.82, 2.24) is 9.97 Å². The summed E-state index contributed by atoms with van der Waals surface area (Å²) >= 11 is 0. The van der Waals surface area contributed by atoms with Crippen LogP contribution in [0.5, 0.6) is 0 Å². The quantitative estimate of drug-likeness (QED) is 0.156. The molecule has 270 valence electrons. The summed E-state index contributed by atoms with van der Waals surface area (Å²) in [6.45, 7) is 0. The van der Waals surface area contributed by atoms with E-state index in [2.05, 4.69) is 84.9 Å². The lowest BCUT2D eigenvalue weighted by molar-refractivity contribution is 1.29. The van der Waals surface area contributed by atoms with E-state index in [0.29, 0.717) is 22.5 Å². The van der Waals surface area contributed by atoms with Gasteiger partial charge < -0.3 is 0 Å². The molecule has 0 unspecified atom stereocenters. The molecule has 0 spiro atoms. The first kappa shape index (κ1) is 35.5. The van der Waals surface area contributed by atoms with E-state index in [0.717, 1.165) is 78.1 Å². The second-order valence-corrected chi connectivity index (χ2v) is 13.9. The van der Waals surface area contributed by atoms with Crippen LogP contribution in [0.25, 0.3) is 89.5 Å². The second kappa shape index (κ2) is 15.9. The van der Waals surface area contributed by atoms with Crippen LogP contribution in [0.4, 0.5) is 0 Å². The predicted molar refractivity (Wildman–Crippen MR) is 235 cm³/mol. The fraction of sp³-hybridized carbons (Fsp3) is 0. The number of nitriles is 2. The lowest BCUT2D eigenvalue weighted by atomic mass is 9.87. The minimum absolute atomic E-state index is 0.455. The van der Waals surface area contributed by atoms with Gasteiger partial charge in [0.15, 0.2) is 0 Å². The number of nitrogens with zero attached hydrogens (tertiary/aromatic N) is 4. The highest BCUT2D eigenvalue weighted by atomic mass is 14.7. The van der Waals surface area contributed by atoms with Crippen molar-refractivity contribution < 1.29 is 0 Å². The van der Waals surface area contributed by atoms with Gasteiger partial charge in [0.2, 0.25) is 0 Å².